The minimum absolute atomic E-state index is 0.715. The second-order valence-electron chi connectivity index (χ2n) is 2.49. The van der Waals surface area contributed by atoms with Crippen LogP contribution in [0.4, 0.5) is 0 Å². The number of hydrogen-bond donors (Lipinski definition) is 2. The number of hydrogen-bond acceptors (Lipinski definition) is 5. The molecule has 7 nitrogen and oxygen atoms in total. The molecule has 0 aliphatic carbocycles. The van der Waals surface area contributed by atoms with Gasteiger partial charge in [-0.2, -0.15) is 16.8 Å². The Morgan fingerprint density at radius 3 is 1.12 bits per heavy atom. The molecular formula is C7H13NO6S2. The first-order valence-corrected chi connectivity index (χ1v) is 7.39. The summed E-state index contributed by atoms with van der Waals surface area (Å²) in [6.07, 6.45) is 4.93. The summed E-state index contributed by atoms with van der Waals surface area (Å²) in [7, 11) is -7.33. The lowest BCUT2D eigenvalue weighted by Gasteiger charge is -1.70. The van der Waals surface area contributed by atoms with Gasteiger partial charge in [0.15, 0.2) is 0 Å². The van der Waals surface area contributed by atoms with Crippen molar-refractivity contribution in [3.8, 4) is 0 Å². The summed E-state index contributed by atoms with van der Waals surface area (Å²) in [6.45, 7) is 0. The van der Waals surface area contributed by atoms with Crippen molar-refractivity contribution in [3.05, 3.63) is 30.6 Å². The molecule has 0 radical (unpaired) electrons. The van der Waals surface area contributed by atoms with Crippen molar-refractivity contribution in [2.75, 3.05) is 12.5 Å². The quantitative estimate of drug-likeness (QED) is 0.641. The van der Waals surface area contributed by atoms with E-state index in [0.717, 1.165) is 0 Å². The van der Waals surface area contributed by atoms with Crippen LogP contribution in [0.15, 0.2) is 30.6 Å². The van der Waals surface area contributed by atoms with Crippen LogP contribution in [0.1, 0.15) is 0 Å². The van der Waals surface area contributed by atoms with Gasteiger partial charge in [-0.15, -0.1) is 0 Å². The van der Waals surface area contributed by atoms with Gasteiger partial charge in [-0.3, -0.25) is 14.1 Å². The highest BCUT2D eigenvalue weighted by Crippen LogP contribution is 1.73. The van der Waals surface area contributed by atoms with Crippen molar-refractivity contribution >= 4 is 20.2 Å². The first kappa shape index (κ1) is 17.4. The van der Waals surface area contributed by atoms with Crippen LogP contribution in [0.5, 0.6) is 0 Å². The Bertz CT molecular complexity index is 380. The minimum Gasteiger partial charge on any atom is -0.286 e. The second kappa shape index (κ2) is 8.16. The highest BCUT2D eigenvalue weighted by molar-refractivity contribution is 7.85. The molecule has 0 fully saturated rings. The Morgan fingerprint density at radius 1 is 0.812 bits per heavy atom. The maximum Gasteiger partial charge on any atom is 0.261 e. The number of rotatable bonds is 0. The first-order chi connectivity index (χ1) is 7.00. The fourth-order valence-electron chi connectivity index (χ4n) is 0.313. The summed E-state index contributed by atoms with van der Waals surface area (Å²) in [6, 6.07) is 5.72. The minimum atomic E-state index is -3.67. The van der Waals surface area contributed by atoms with Gasteiger partial charge < -0.3 is 0 Å². The molecule has 0 unspecified atom stereocenters. The SMILES string of the molecule is CS(=O)(=O)O.CS(=O)(=O)O.c1ccncc1. The monoisotopic (exact) mass is 271 g/mol. The van der Waals surface area contributed by atoms with Crippen molar-refractivity contribution in [1.82, 2.24) is 4.98 Å². The summed E-state index contributed by atoms with van der Waals surface area (Å²) in [4.78, 5) is 3.78. The maximum atomic E-state index is 9.19. The average Bonchev–Trinajstić information content (AvgIpc) is 2.01. The van der Waals surface area contributed by atoms with E-state index in [9.17, 15) is 16.8 Å². The lowest BCUT2D eigenvalue weighted by atomic mass is 10.5. The zero-order valence-corrected chi connectivity index (χ0v) is 10.3. The molecule has 1 aromatic heterocycles. The smallest absolute Gasteiger partial charge is 0.261 e. The van der Waals surface area contributed by atoms with Crippen LogP contribution in [0.2, 0.25) is 0 Å². The molecule has 0 aliphatic heterocycles. The molecule has 0 atom stereocenters. The second-order valence-corrected chi connectivity index (χ2v) is 5.42. The van der Waals surface area contributed by atoms with Crippen LogP contribution in [0.3, 0.4) is 0 Å². The molecule has 1 aromatic rings. The molecule has 0 amide bonds. The summed E-state index contributed by atoms with van der Waals surface area (Å²) >= 11 is 0. The van der Waals surface area contributed by atoms with Gasteiger partial charge in [0.25, 0.3) is 20.2 Å². The first-order valence-electron chi connectivity index (χ1n) is 3.70. The topological polar surface area (TPSA) is 122 Å². The molecule has 0 saturated heterocycles. The van der Waals surface area contributed by atoms with E-state index < -0.39 is 20.2 Å². The Morgan fingerprint density at radius 2 is 1.06 bits per heavy atom. The van der Waals surface area contributed by atoms with Crippen LogP contribution >= 0.6 is 0 Å². The molecule has 16 heavy (non-hydrogen) atoms. The summed E-state index contributed by atoms with van der Waals surface area (Å²) in [5, 5.41) is 0. The summed E-state index contributed by atoms with van der Waals surface area (Å²) in [5.74, 6) is 0. The van der Waals surface area contributed by atoms with E-state index in [2.05, 4.69) is 4.98 Å². The highest BCUT2D eigenvalue weighted by Gasteiger charge is 1.82. The largest absolute Gasteiger partial charge is 0.286 e. The fraction of sp³-hybridized carbons (Fsp3) is 0.286. The maximum absolute atomic E-state index is 9.19. The third-order valence-electron chi connectivity index (χ3n) is 0.566. The van der Waals surface area contributed by atoms with Crippen molar-refractivity contribution in [2.45, 2.75) is 0 Å². The normalized spacial score (nSPS) is 10.2. The Hall–Kier alpha value is -1.03. The lowest BCUT2D eigenvalue weighted by Crippen LogP contribution is -1.88. The van der Waals surface area contributed by atoms with Crippen LogP contribution in [-0.2, 0) is 20.2 Å². The van der Waals surface area contributed by atoms with Gasteiger partial charge in [0, 0.05) is 12.4 Å². The van der Waals surface area contributed by atoms with E-state index >= 15 is 0 Å². The van der Waals surface area contributed by atoms with Gasteiger partial charge in [-0.05, 0) is 12.1 Å². The Labute approximate surface area is 94.6 Å². The molecule has 9 heteroatoms. The average molecular weight is 271 g/mol. The van der Waals surface area contributed by atoms with Gasteiger partial charge in [-0.1, -0.05) is 6.07 Å². The zero-order chi connectivity index (χ0) is 13.2. The standard InChI is InChI=1S/C5H5N.2CH4O3S/c1-2-4-6-5-3-1;2*1-5(2,3)4/h1-5H;2*1H3,(H,2,3,4). The highest BCUT2D eigenvalue weighted by atomic mass is 32.2. The molecule has 0 bridgehead atoms. The predicted molar refractivity (Wildman–Crippen MR) is 59.2 cm³/mol. The van der Waals surface area contributed by atoms with E-state index in [4.69, 9.17) is 9.11 Å². The summed E-state index contributed by atoms with van der Waals surface area (Å²) < 4.78 is 51.7. The third kappa shape index (κ3) is 75.2. The van der Waals surface area contributed by atoms with Crippen LogP contribution in [-0.4, -0.2) is 43.4 Å². The molecular weight excluding hydrogens is 258 g/mol. The van der Waals surface area contributed by atoms with Crippen molar-refractivity contribution in [1.29, 1.82) is 0 Å². The van der Waals surface area contributed by atoms with Gasteiger partial charge in [-0.25, -0.2) is 0 Å². The molecule has 0 aliphatic rings. The third-order valence-corrected chi connectivity index (χ3v) is 0.566. The van der Waals surface area contributed by atoms with Gasteiger partial charge in [0.05, 0.1) is 12.5 Å². The van der Waals surface area contributed by atoms with Gasteiger partial charge >= 0.3 is 0 Å². The van der Waals surface area contributed by atoms with Gasteiger partial charge in [0.2, 0.25) is 0 Å². The molecule has 0 aromatic carbocycles. The number of pyridine rings is 1. The number of aromatic nitrogens is 1. The molecule has 0 spiro atoms. The van der Waals surface area contributed by atoms with E-state index in [1.807, 2.05) is 18.2 Å². The molecule has 2 N–H and O–H groups in total. The van der Waals surface area contributed by atoms with Crippen molar-refractivity contribution in [3.63, 3.8) is 0 Å². The molecule has 1 heterocycles. The molecule has 1 rings (SSSR count). The van der Waals surface area contributed by atoms with E-state index in [1.54, 1.807) is 12.4 Å². The van der Waals surface area contributed by atoms with Gasteiger partial charge in [0.1, 0.15) is 0 Å². The molecule has 0 saturated carbocycles. The molecule has 94 valence electrons. The zero-order valence-electron chi connectivity index (χ0n) is 8.68. The van der Waals surface area contributed by atoms with Crippen LogP contribution < -0.4 is 0 Å². The van der Waals surface area contributed by atoms with E-state index in [1.165, 1.54) is 0 Å². The fourth-order valence-corrected chi connectivity index (χ4v) is 0.313. The van der Waals surface area contributed by atoms with E-state index in [0.29, 0.717) is 12.5 Å². The van der Waals surface area contributed by atoms with Crippen LogP contribution in [0, 0.1) is 0 Å². The summed E-state index contributed by atoms with van der Waals surface area (Å²) in [5.41, 5.74) is 0. The lowest BCUT2D eigenvalue weighted by molar-refractivity contribution is 0.488. The number of nitrogens with zero attached hydrogens (tertiary/aromatic N) is 1. The predicted octanol–water partition coefficient (Wildman–Crippen LogP) is 0.0896. The Kier molecular flexibility index (Phi) is 8.86. The van der Waals surface area contributed by atoms with E-state index in [-0.39, 0.29) is 0 Å². The van der Waals surface area contributed by atoms with Crippen LogP contribution in [0.25, 0.3) is 0 Å². The van der Waals surface area contributed by atoms with Crippen molar-refractivity contribution in [2.24, 2.45) is 0 Å². The van der Waals surface area contributed by atoms with Crippen molar-refractivity contribution < 1.29 is 25.9 Å². The Balaban J connectivity index is 0.